The highest BCUT2D eigenvalue weighted by Crippen LogP contribution is 2.18. The summed E-state index contributed by atoms with van der Waals surface area (Å²) in [6, 6.07) is 23.4. The topological polar surface area (TPSA) is 90.5 Å². The predicted octanol–water partition coefficient (Wildman–Crippen LogP) is 4.54. The second-order valence-electron chi connectivity index (χ2n) is 7.70. The van der Waals surface area contributed by atoms with Crippen LogP contribution in [0.2, 0.25) is 0 Å². The summed E-state index contributed by atoms with van der Waals surface area (Å²) < 4.78 is 0. The number of nitrogens with zero attached hydrogens (tertiary/aromatic N) is 1. The summed E-state index contributed by atoms with van der Waals surface area (Å²) in [6.07, 6.45) is 0.854. The maximum absolute atomic E-state index is 12.9. The highest BCUT2D eigenvalue weighted by atomic mass is 16.2. The second kappa shape index (κ2) is 12.2. The van der Waals surface area contributed by atoms with Gasteiger partial charge in [0.05, 0.1) is 6.54 Å². The van der Waals surface area contributed by atoms with Crippen molar-refractivity contribution in [1.29, 1.82) is 0 Å². The highest BCUT2D eigenvalue weighted by molar-refractivity contribution is 6.06. The summed E-state index contributed by atoms with van der Waals surface area (Å²) in [5, 5.41) is 8.66. The summed E-state index contributed by atoms with van der Waals surface area (Å²) in [5.41, 5.74) is 3.19. The smallest absolute Gasteiger partial charge is 0.258 e. The van der Waals surface area contributed by atoms with Gasteiger partial charge >= 0.3 is 0 Å². The number of anilines is 3. The van der Waals surface area contributed by atoms with Crippen molar-refractivity contribution in [3.05, 3.63) is 90.0 Å². The molecule has 0 unspecified atom stereocenters. The summed E-state index contributed by atoms with van der Waals surface area (Å²) in [4.78, 5) is 39.1. The van der Waals surface area contributed by atoms with Gasteiger partial charge in [0.2, 0.25) is 5.91 Å². The Labute approximate surface area is 200 Å². The van der Waals surface area contributed by atoms with Crippen molar-refractivity contribution in [2.45, 2.75) is 20.3 Å². The monoisotopic (exact) mass is 458 g/mol. The van der Waals surface area contributed by atoms with Crippen LogP contribution < -0.4 is 20.9 Å². The number of nitrogens with one attached hydrogen (secondary N) is 3. The van der Waals surface area contributed by atoms with Gasteiger partial charge in [0.25, 0.3) is 11.8 Å². The van der Waals surface area contributed by atoms with Crippen LogP contribution >= 0.6 is 0 Å². The van der Waals surface area contributed by atoms with Crippen molar-refractivity contribution in [2.24, 2.45) is 0 Å². The molecule has 0 aliphatic carbocycles. The van der Waals surface area contributed by atoms with E-state index in [1.54, 1.807) is 53.4 Å². The fourth-order valence-electron chi connectivity index (χ4n) is 3.40. The number of para-hydroxylation sites is 1. The van der Waals surface area contributed by atoms with Gasteiger partial charge in [-0.25, -0.2) is 0 Å². The van der Waals surface area contributed by atoms with Crippen LogP contribution in [0, 0.1) is 0 Å². The minimum Gasteiger partial charge on any atom is -0.376 e. The molecular weight excluding hydrogens is 428 g/mol. The number of hydrogen-bond donors (Lipinski definition) is 3. The zero-order valence-corrected chi connectivity index (χ0v) is 19.5. The van der Waals surface area contributed by atoms with Gasteiger partial charge in [-0.2, -0.15) is 0 Å². The van der Waals surface area contributed by atoms with Crippen molar-refractivity contribution < 1.29 is 14.4 Å². The van der Waals surface area contributed by atoms with E-state index in [2.05, 4.69) is 16.0 Å². The van der Waals surface area contributed by atoms with Crippen LogP contribution in [0.4, 0.5) is 17.1 Å². The summed E-state index contributed by atoms with van der Waals surface area (Å²) in [6.45, 7) is 5.13. The first-order valence-corrected chi connectivity index (χ1v) is 11.4. The van der Waals surface area contributed by atoms with Gasteiger partial charge in [-0.1, -0.05) is 31.2 Å². The molecule has 0 radical (unpaired) electrons. The molecule has 3 rings (SSSR count). The van der Waals surface area contributed by atoms with Gasteiger partial charge in [-0.15, -0.1) is 0 Å². The third kappa shape index (κ3) is 6.68. The molecular formula is C27H30N4O3. The fraction of sp³-hybridized carbons (Fsp3) is 0.222. The van der Waals surface area contributed by atoms with Crippen molar-refractivity contribution in [3.63, 3.8) is 0 Å². The number of hydrogen-bond acceptors (Lipinski definition) is 4. The Kier molecular flexibility index (Phi) is 8.80. The molecule has 3 N–H and O–H groups in total. The SMILES string of the molecule is CCCNC(=O)c1cccc(NC(=O)CNc2ccc(C(=O)N(CC)c3ccccc3)cc2)c1. The number of carbonyl (C=O) groups is 3. The Hall–Kier alpha value is -4.13. The standard InChI is InChI=1S/C27H30N4O3/c1-3-17-28-26(33)21-9-8-10-23(18-21)30-25(32)19-29-22-15-13-20(14-16-22)27(34)31(4-2)24-11-6-5-7-12-24/h5-16,18,29H,3-4,17,19H2,1-2H3,(H,28,33)(H,30,32). The van der Waals surface area contributed by atoms with Crippen LogP contribution in [0.1, 0.15) is 41.0 Å². The first kappa shape index (κ1) is 24.5. The lowest BCUT2D eigenvalue weighted by molar-refractivity contribution is -0.114. The van der Waals surface area contributed by atoms with E-state index >= 15 is 0 Å². The molecule has 0 saturated heterocycles. The van der Waals surface area contributed by atoms with E-state index in [-0.39, 0.29) is 24.3 Å². The minimum atomic E-state index is -0.243. The highest BCUT2D eigenvalue weighted by Gasteiger charge is 2.15. The van der Waals surface area contributed by atoms with Crippen molar-refractivity contribution >= 4 is 34.8 Å². The number of benzene rings is 3. The molecule has 3 aromatic carbocycles. The largest absolute Gasteiger partial charge is 0.376 e. The maximum atomic E-state index is 12.9. The molecule has 0 aromatic heterocycles. The van der Waals surface area contributed by atoms with Crippen LogP contribution in [0.3, 0.4) is 0 Å². The minimum absolute atomic E-state index is 0.0463. The van der Waals surface area contributed by atoms with E-state index in [9.17, 15) is 14.4 Å². The molecule has 7 nitrogen and oxygen atoms in total. The van der Waals surface area contributed by atoms with Gasteiger partial charge in [-0.05, 0) is 67.9 Å². The number of rotatable bonds is 10. The molecule has 0 spiro atoms. The van der Waals surface area contributed by atoms with E-state index < -0.39 is 0 Å². The average Bonchev–Trinajstić information content (AvgIpc) is 2.87. The van der Waals surface area contributed by atoms with Crippen molar-refractivity contribution in [3.8, 4) is 0 Å². The van der Waals surface area contributed by atoms with E-state index in [4.69, 9.17) is 0 Å². The van der Waals surface area contributed by atoms with Crippen LogP contribution in [0.5, 0.6) is 0 Å². The summed E-state index contributed by atoms with van der Waals surface area (Å²) >= 11 is 0. The Morgan fingerprint density at radius 1 is 0.794 bits per heavy atom. The van der Waals surface area contributed by atoms with E-state index in [1.807, 2.05) is 44.2 Å². The lowest BCUT2D eigenvalue weighted by atomic mass is 10.1. The number of amides is 3. The van der Waals surface area contributed by atoms with Crippen LogP contribution in [-0.2, 0) is 4.79 Å². The molecule has 176 valence electrons. The molecule has 0 aliphatic rings. The Bertz CT molecular complexity index is 1110. The van der Waals surface area contributed by atoms with Crippen LogP contribution in [0.25, 0.3) is 0 Å². The quantitative estimate of drug-likeness (QED) is 0.416. The molecule has 0 fully saturated rings. The molecule has 0 atom stereocenters. The first-order chi connectivity index (χ1) is 16.5. The van der Waals surface area contributed by atoms with Gasteiger partial charge in [0.15, 0.2) is 0 Å². The summed E-state index contributed by atoms with van der Waals surface area (Å²) in [5.74, 6) is -0.493. The third-order valence-corrected chi connectivity index (χ3v) is 5.16. The molecule has 3 amide bonds. The molecule has 0 aliphatic heterocycles. The van der Waals surface area contributed by atoms with Gasteiger partial charge in [0.1, 0.15) is 0 Å². The maximum Gasteiger partial charge on any atom is 0.258 e. The molecule has 0 bridgehead atoms. The Morgan fingerprint density at radius 3 is 2.21 bits per heavy atom. The summed E-state index contributed by atoms with van der Waals surface area (Å²) in [7, 11) is 0. The normalized spacial score (nSPS) is 10.3. The number of carbonyl (C=O) groups excluding carboxylic acids is 3. The van der Waals surface area contributed by atoms with E-state index in [1.165, 1.54) is 0 Å². The van der Waals surface area contributed by atoms with E-state index in [0.29, 0.717) is 29.9 Å². The van der Waals surface area contributed by atoms with E-state index in [0.717, 1.165) is 17.8 Å². The fourth-order valence-corrected chi connectivity index (χ4v) is 3.40. The molecule has 34 heavy (non-hydrogen) atoms. The predicted molar refractivity (Wildman–Crippen MR) is 136 cm³/mol. The van der Waals surface area contributed by atoms with Crippen LogP contribution in [0.15, 0.2) is 78.9 Å². The average molecular weight is 459 g/mol. The Balaban J connectivity index is 1.55. The third-order valence-electron chi connectivity index (χ3n) is 5.16. The van der Waals surface area contributed by atoms with Crippen molar-refractivity contribution in [1.82, 2.24) is 5.32 Å². The first-order valence-electron chi connectivity index (χ1n) is 11.4. The molecule has 7 heteroatoms. The van der Waals surface area contributed by atoms with Gasteiger partial charge in [-0.3, -0.25) is 14.4 Å². The second-order valence-corrected chi connectivity index (χ2v) is 7.70. The Morgan fingerprint density at radius 2 is 1.53 bits per heavy atom. The zero-order chi connectivity index (χ0) is 24.3. The lowest BCUT2D eigenvalue weighted by Crippen LogP contribution is -2.30. The van der Waals surface area contributed by atoms with Crippen molar-refractivity contribution in [2.75, 3.05) is 35.2 Å². The van der Waals surface area contributed by atoms with Gasteiger partial charge in [0, 0.05) is 41.3 Å². The lowest BCUT2D eigenvalue weighted by Gasteiger charge is -2.21. The molecule has 3 aromatic rings. The zero-order valence-electron chi connectivity index (χ0n) is 19.5. The van der Waals surface area contributed by atoms with Crippen LogP contribution in [-0.4, -0.2) is 37.4 Å². The molecule has 0 heterocycles. The van der Waals surface area contributed by atoms with Gasteiger partial charge < -0.3 is 20.9 Å². The molecule has 0 saturated carbocycles.